The maximum Gasteiger partial charge on any atom is 0.259 e. The summed E-state index contributed by atoms with van der Waals surface area (Å²) in [6.45, 7) is 2.81. The van der Waals surface area contributed by atoms with Crippen molar-refractivity contribution >= 4 is 11.6 Å². The number of anilines is 1. The normalized spacial score (nSPS) is 10.2. The first-order valence-corrected chi connectivity index (χ1v) is 8.42. The van der Waals surface area contributed by atoms with E-state index in [1.165, 1.54) is 12.8 Å². The minimum absolute atomic E-state index is 0.177. The van der Waals surface area contributed by atoms with Crippen LogP contribution in [-0.4, -0.2) is 19.6 Å². The Morgan fingerprint density at radius 3 is 2.46 bits per heavy atom. The number of rotatable bonds is 9. The van der Waals surface area contributed by atoms with Gasteiger partial charge < -0.3 is 14.8 Å². The highest BCUT2D eigenvalue weighted by Crippen LogP contribution is 2.21. The minimum Gasteiger partial charge on any atom is -0.497 e. The van der Waals surface area contributed by atoms with Crippen LogP contribution in [0.1, 0.15) is 43.0 Å². The number of nitrogens with one attached hydrogen (secondary N) is 1. The van der Waals surface area contributed by atoms with E-state index in [0.29, 0.717) is 17.9 Å². The minimum atomic E-state index is -0.177. The van der Waals surface area contributed by atoms with E-state index in [1.54, 1.807) is 13.2 Å². The molecule has 0 bridgehead atoms. The van der Waals surface area contributed by atoms with Gasteiger partial charge in [0.05, 0.1) is 19.3 Å². The Hall–Kier alpha value is -2.49. The van der Waals surface area contributed by atoms with Crippen LogP contribution >= 0.6 is 0 Å². The average molecular weight is 327 g/mol. The van der Waals surface area contributed by atoms with Crippen molar-refractivity contribution in [2.24, 2.45) is 0 Å². The van der Waals surface area contributed by atoms with Crippen molar-refractivity contribution in [3.8, 4) is 11.5 Å². The van der Waals surface area contributed by atoms with Crippen molar-refractivity contribution in [3.63, 3.8) is 0 Å². The lowest BCUT2D eigenvalue weighted by molar-refractivity contribution is 0.102. The third-order valence-corrected chi connectivity index (χ3v) is 3.74. The Balaban J connectivity index is 1.97. The second kappa shape index (κ2) is 9.60. The summed E-state index contributed by atoms with van der Waals surface area (Å²) in [6, 6.07) is 14.6. The van der Waals surface area contributed by atoms with Gasteiger partial charge in [0, 0.05) is 5.69 Å². The van der Waals surface area contributed by atoms with E-state index in [9.17, 15) is 4.79 Å². The molecular weight excluding hydrogens is 302 g/mol. The van der Waals surface area contributed by atoms with Gasteiger partial charge in [-0.25, -0.2) is 0 Å². The summed E-state index contributed by atoms with van der Waals surface area (Å²) in [5, 5.41) is 2.89. The van der Waals surface area contributed by atoms with E-state index >= 15 is 0 Å². The monoisotopic (exact) mass is 327 g/mol. The molecule has 2 rings (SSSR count). The Bertz CT molecular complexity index is 638. The third-order valence-electron chi connectivity index (χ3n) is 3.74. The molecule has 0 aliphatic rings. The standard InChI is InChI=1S/C20H25NO3/c1-3-4-5-8-15-24-19-10-7-6-9-18(19)20(22)21-16-11-13-17(23-2)14-12-16/h6-7,9-14H,3-5,8,15H2,1-2H3,(H,21,22). The van der Waals surface area contributed by atoms with Crippen LogP contribution in [0.3, 0.4) is 0 Å². The second-order valence-corrected chi connectivity index (χ2v) is 5.59. The highest BCUT2D eigenvalue weighted by Gasteiger charge is 2.12. The molecule has 128 valence electrons. The summed E-state index contributed by atoms with van der Waals surface area (Å²) in [5.74, 6) is 1.20. The summed E-state index contributed by atoms with van der Waals surface area (Å²) in [7, 11) is 1.61. The molecule has 0 atom stereocenters. The smallest absolute Gasteiger partial charge is 0.259 e. The number of unbranched alkanes of at least 4 members (excludes halogenated alkanes) is 3. The molecule has 1 amide bonds. The first kappa shape index (κ1) is 17.9. The van der Waals surface area contributed by atoms with Crippen molar-refractivity contribution in [2.75, 3.05) is 19.0 Å². The zero-order valence-electron chi connectivity index (χ0n) is 14.4. The lowest BCUT2D eigenvalue weighted by atomic mass is 10.1. The van der Waals surface area contributed by atoms with Gasteiger partial charge in [0.2, 0.25) is 0 Å². The Morgan fingerprint density at radius 1 is 1.00 bits per heavy atom. The van der Waals surface area contributed by atoms with Gasteiger partial charge in [-0.2, -0.15) is 0 Å². The zero-order chi connectivity index (χ0) is 17.2. The van der Waals surface area contributed by atoms with Gasteiger partial charge in [-0.3, -0.25) is 4.79 Å². The van der Waals surface area contributed by atoms with Crippen molar-refractivity contribution < 1.29 is 14.3 Å². The molecule has 1 N–H and O–H groups in total. The molecule has 0 heterocycles. The van der Waals surface area contributed by atoms with Crippen LogP contribution in [0.2, 0.25) is 0 Å². The molecule has 24 heavy (non-hydrogen) atoms. The summed E-state index contributed by atoms with van der Waals surface area (Å²) >= 11 is 0. The molecule has 0 aromatic heterocycles. The van der Waals surface area contributed by atoms with Gasteiger partial charge in [-0.15, -0.1) is 0 Å². The highest BCUT2D eigenvalue weighted by atomic mass is 16.5. The summed E-state index contributed by atoms with van der Waals surface area (Å²) < 4.78 is 10.9. The van der Waals surface area contributed by atoms with Crippen molar-refractivity contribution in [2.45, 2.75) is 32.6 Å². The van der Waals surface area contributed by atoms with Crippen LogP contribution in [0.25, 0.3) is 0 Å². The van der Waals surface area contributed by atoms with Crippen LogP contribution in [-0.2, 0) is 0 Å². The number of amides is 1. The number of carbonyl (C=O) groups excluding carboxylic acids is 1. The molecule has 2 aromatic carbocycles. The van der Waals surface area contributed by atoms with E-state index < -0.39 is 0 Å². The fourth-order valence-electron chi connectivity index (χ4n) is 2.36. The number of ether oxygens (including phenoxy) is 2. The first-order chi connectivity index (χ1) is 11.7. The topological polar surface area (TPSA) is 47.6 Å². The Morgan fingerprint density at radius 2 is 1.75 bits per heavy atom. The van der Waals surface area contributed by atoms with Gasteiger partial charge in [0.25, 0.3) is 5.91 Å². The van der Waals surface area contributed by atoms with E-state index in [4.69, 9.17) is 9.47 Å². The molecule has 0 aliphatic heterocycles. The van der Waals surface area contributed by atoms with Gasteiger partial charge in [-0.05, 0) is 42.8 Å². The Kier molecular flexibility index (Phi) is 7.15. The summed E-state index contributed by atoms with van der Waals surface area (Å²) in [4.78, 5) is 12.5. The van der Waals surface area contributed by atoms with Crippen molar-refractivity contribution in [3.05, 3.63) is 54.1 Å². The van der Waals surface area contributed by atoms with Crippen molar-refractivity contribution in [1.82, 2.24) is 0 Å². The summed E-state index contributed by atoms with van der Waals surface area (Å²) in [5.41, 5.74) is 1.27. The number of carbonyl (C=O) groups is 1. The fraction of sp³-hybridized carbons (Fsp3) is 0.350. The summed E-state index contributed by atoms with van der Waals surface area (Å²) in [6.07, 6.45) is 4.56. The number of benzene rings is 2. The van der Waals surface area contributed by atoms with Crippen LogP contribution in [0.15, 0.2) is 48.5 Å². The lowest BCUT2D eigenvalue weighted by Gasteiger charge is -2.12. The van der Waals surface area contributed by atoms with Gasteiger partial charge in [0.15, 0.2) is 0 Å². The average Bonchev–Trinajstić information content (AvgIpc) is 2.62. The fourth-order valence-corrected chi connectivity index (χ4v) is 2.36. The van der Waals surface area contributed by atoms with E-state index in [-0.39, 0.29) is 5.91 Å². The molecule has 0 spiro atoms. The predicted molar refractivity (Wildman–Crippen MR) is 97.0 cm³/mol. The first-order valence-electron chi connectivity index (χ1n) is 8.42. The molecular formula is C20H25NO3. The molecule has 0 fully saturated rings. The third kappa shape index (κ3) is 5.30. The molecule has 2 aromatic rings. The quantitative estimate of drug-likeness (QED) is 0.666. The second-order valence-electron chi connectivity index (χ2n) is 5.59. The van der Waals surface area contributed by atoms with Crippen LogP contribution < -0.4 is 14.8 Å². The lowest BCUT2D eigenvalue weighted by Crippen LogP contribution is -2.14. The van der Waals surface area contributed by atoms with Crippen molar-refractivity contribution in [1.29, 1.82) is 0 Å². The SMILES string of the molecule is CCCCCCOc1ccccc1C(=O)Nc1ccc(OC)cc1. The zero-order valence-corrected chi connectivity index (χ0v) is 14.4. The molecule has 0 saturated heterocycles. The number of hydrogen-bond acceptors (Lipinski definition) is 3. The maximum atomic E-state index is 12.5. The maximum absolute atomic E-state index is 12.5. The molecule has 0 radical (unpaired) electrons. The van der Waals surface area contributed by atoms with Crippen LogP contribution in [0.4, 0.5) is 5.69 Å². The predicted octanol–water partition coefficient (Wildman–Crippen LogP) is 4.91. The largest absolute Gasteiger partial charge is 0.497 e. The Labute approximate surface area is 143 Å². The van der Waals surface area contributed by atoms with E-state index in [0.717, 1.165) is 24.3 Å². The molecule has 0 saturated carbocycles. The molecule has 0 aliphatic carbocycles. The van der Waals surface area contributed by atoms with E-state index in [1.807, 2.05) is 42.5 Å². The molecule has 4 heteroatoms. The van der Waals surface area contributed by atoms with Crippen LogP contribution in [0, 0.1) is 0 Å². The number of para-hydroxylation sites is 1. The number of hydrogen-bond donors (Lipinski definition) is 1. The molecule has 0 unspecified atom stereocenters. The van der Waals surface area contributed by atoms with Gasteiger partial charge in [-0.1, -0.05) is 38.3 Å². The van der Waals surface area contributed by atoms with Gasteiger partial charge in [0.1, 0.15) is 11.5 Å². The van der Waals surface area contributed by atoms with Crippen LogP contribution in [0.5, 0.6) is 11.5 Å². The number of methoxy groups -OCH3 is 1. The molecule has 4 nitrogen and oxygen atoms in total. The van der Waals surface area contributed by atoms with Gasteiger partial charge >= 0.3 is 0 Å². The highest BCUT2D eigenvalue weighted by molar-refractivity contribution is 6.06. The van der Waals surface area contributed by atoms with E-state index in [2.05, 4.69) is 12.2 Å².